The van der Waals surface area contributed by atoms with Gasteiger partial charge in [0.15, 0.2) is 0 Å². The summed E-state index contributed by atoms with van der Waals surface area (Å²) in [4.78, 5) is 2.45. The minimum Gasteiger partial charge on any atom is -0.495 e. The van der Waals surface area contributed by atoms with E-state index in [2.05, 4.69) is 10.3 Å². The van der Waals surface area contributed by atoms with Crippen molar-refractivity contribution < 1.29 is 22.3 Å². The first-order valence-corrected chi connectivity index (χ1v) is 5.62. The quantitative estimate of drug-likeness (QED) is 0.686. The molecule has 106 valence electrons. The Bertz CT molecular complexity index is 640. The molecule has 2 rings (SSSR count). The van der Waals surface area contributed by atoms with Crippen LogP contribution < -0.4 is 10.1 Å². The summed E-state index contributed by atoms with van der Waals surface area (Å²) in [6.07, 6.45) is 0. The lowest BCUT2D eigenvalue weighted by Gasteiger charge is -2.11. The molecule has 1 heterocycles. The number of anilines is 2. The van der Waals surface area contributed by atoms with Gasteiger partial charge in [0.1, 0.15) is 11.4 Å². The Hall–Kier alpha value is -2.02. The molecule has 0 atom stereocenters. The highest BCUT2D eigenvalue weighted by atomic mass is 35.5. The van der Waals surface area contributed by atoms with Gasteiger partial charge in [-0.1, -0.05) is 11.6 Å². The third-order valence-corrected chi connectivity index (χ3v) is 2.71. The number of nitrogens with zero attached hydrogens (tertiary/aromatic N) is 1. The first-order valence-electron chi connectivity index (χ1n) is 5.24. The Morgan fingerprint density at radius 3 is 2.20 bits per heavy atom. The Balaban J connectivity index is 2.42. The third kappa shape index (κ3) is 2.62. The molecule has 1 aromatic heterocycles. The summed E-state index contributed by atoms with van der Waals surface area (Å²) in [6.45, 7) is 0. The standard InChI is InChI=1S/C12H7ClF4N2O/c1-20-7-3-2-5(4-6(7)13)18-10-8(14)11(16)19-12(17)9(10)15/h2-4H,1H3,(H,18,19). The van der Waals surface area contributed by atoms with Gasteiger partial charge in [-0.25, -0.2) is 0 Å². The van der Waals surface area contributed by atoms with Gasteiger partial charge in [0.2, 0.25) is 11.6 Å². The molecule has 20 heavy (non-hydrogen) atoms. The van der Waals surface area contributed by atoms with Crippen LogP contribution in [0, 0.1) is 23.5 Å². The zero-order valence-electron chi connectivity index (χ0n) is 9.98. The largest absolute Gasteiger partial charge is 0.495 e. The van der Waals surface area contributed by atoms with Gasteiger partial charge in [0, 0.05) is 5.69 Å². The predicted octanol–water partition coefficient (Wildman–Crippen LogP) is 4.04. The summed E-state index contributed by atoms with van der Waals surface area (Å²) in [6, 6.07) is 4.09. The number of ether oxygens (including phenoxy) is 1. The van der Waals surface area contributed by atoms with Gasteiger partial charge in [0.25, 0.3) is 11.9 Å². The van der Waals surface area contributed by atoms with Crippen molar-refractivity contribution >= 4 is 23.0 Å². The van der Waals surface area contributed by atoms with Crippen LogP contribution in [0.3, 0.4) is 0 Å². The van der Waals surface area contributed by atoms with Crippen LogP contribution in [-0.2, 0) is 0 Å². The molecular formula is C12H7ClF4N2O. The van der Waals surface area contributed by atoms with E-state index >= 15 is 0 Å². The van der Waals surface area contributed by atoms with E-state index in [1.165, 1.54) is 25.3 Å². The lowest BCUT2D eigenvalue weighted by Crippen LogP contribution is -2.06. The number of pyridine rings is 1. The average molecular weight is 307 g/mol. The third-order valence-electron chi connectivity index (χ3n) is 2.42. The maximum absolute atomic E-state index is 13.4. The van der Waals surface area contributed by atoms with Crippen LogP contribution in [0.4, 0.5) is 28.9 Å². The summed E-state index contributed by atoms with van der Waals surface area (Å²) in [5.74, 6) is -6.41. The molecule has 8 heteroatoms. The summed E-state index contributed by atoms with van der Waals surface area (Å²) in [7, 11) is 1.39. The lowest BCUT2D eigenvalue weighted by molar-refractivity contribution is 0.411. The zero-order chi connectivity index (χ0) is 14.9. The molecule has 0 aliphatic carbocycles. The Kier molecular flexibility index (Phi) is 3.99. The molecule has 0 saturated carbocycles. The van der Waals surface area contributed by atoms with Gasteiger partial charge >= 0.3 is 0 Å². The molecule has 0 amide bonds. The molecule has 1 aromatic carbocycles. The number of hydrogen-bond donors (Lipinski definition) is 1. The minimum absolute atomic E-state index is 0.124. The number of aromatic nitrogens is 1. The second-order valence-electron chi connectivity index (χ2n) is 3.67. The fourth-order valence-corrected chi connectivity index (χ4v) is 1.74. The maximum atomic E-state index is 13.4. The second kappa shape index (κ2) is 5.54. The van der Waals surface area contributed by atoms with Crippen LogP contribution in [-0.4, -0.2) is 12.1 Å². The van der Waals surface area contributed by atoms with E-state index in [0.717, 1.165) is 0 Å². The van der Waals surface area contributed by atoms with E-state index in [4.69, 9.17) is 16.3 Å². The Morgan fingerprint density at radius 1 is 1.10 bits per heavy atom. The SMILES string of the molecule is COc1ccc(Nc2c(F)c(F)nc(F)c2F)cc1Cl. The van der Waals surface area contributed by atoms with Crippen molar-refractivity contribution in [3.63, 3.8) is 0 Å². The van der Waals surface area contributed by atoms with Crippen LogP contribution in [0.15, 0.2) is 18.2 Å². The first-order chi connectivity index (χ1) is 9.43. The molecule has 0 bridgehead atoms. The van der Waals surface area contributed by atoms with Crippen molar-refractivity contribution in [3.8, 4) is 5.75 Å². The molecular weight excluding hydrogens is 300 g/mol. The molecule has 1 N–H and O–H groups in total. The van der Waals surface area contributed by atoms with E-state index in [1.807, 2.05) is 0 Å². The molecule has 0 spiro atoms. The molecule has 0 aliphatic heterocycles. The van der Waals surface area contributed by atoms with Gasteiger partial charge < -0.3 is 10.1 Å². The van der Waals surface area contributed by atoms with E-state index in [9.17, 15) is 17.6 Å². The second-order valence-corrected chi connectivity index (χ2v) is 4.08. The van der Waals surface area contributed by atoms with Crippen molar-refractivity contribution in [2.75, 3.05) is 12.4 Å². The van der Waals surface area contributed by atoms with Gasteiger partial charge in [-0.2, -0.15) is 22.5 Å². The number of nitrogens with one attached hydrogen (secondary N) is 1. The van der Waals surface area contributed by atoms with Crippen LogP contribution in [0.2, 0.25) is 5.02 Å². The maximum Gasteiger partial charge on any atom is 0.253 e. The van der Waals surface area contributed by atoms with E-state index in [-0.39, 0.29) is 10.7 Å². The van der Waals surface area contributed by atoms with Crippen LogP contribution >= 0.6 is 11.6 Å². The van der Waals surface area contributed by atoms with Crippen molar-refractivity contribution in [3.05, 3.63) is 46.8 Å². The molecule has 0 radical (unpaired) electrons. The molecule has 3 nitrogen and oxygen atoms in total. The van der Waals surface area contributed by atoms with Crippen LogP contribution in [0.1, 0.15) is 0 Å². The monoisotopic (exact) mass is 306 g/mol. The fourth-order valence-electron chi connectivity index (χ4n) is 1.49. The highest BCUT2D eigenvalue weighted by Gasteiger charge is 2.21. The molecule has 0 aliphatic rings. The topological polar surface area (TPSA) is 34.1 Å². The Labute approximate surface area is 116 Å². The van der Waals surface area contributed by atoms with Gasteiger partial charge in [0.05, 0.1) is 12.1 Å². The summed E-state index contributed by atoms with van der Waals surface area (Å²) >= 11 is 5.82. The lowest BCUT2D eigenvalue weighted by atomic mass is 10.2. The van der Waals surface area contributed by atoms with Crippen molar-refractivity contribution in [2.45, 2.75) is 0 Å². The number of hydrogen-bond acceptors (Lipinski definition) is 3. The normalized spacial score (nSPS) is 10.5. The Morgan fingerprint density at radius 2 is 1.70 bits per heavy atom. The number of benzene rings is 1. The number of rotatable bonds is 3. The smallest absolute Gasteiger partial charge is 0.253 e. The molecule has 0 saturated heterocycles. The van der Waals surface area contributed by atoms with Crippen LogP contribution in [0.5, 0.6) is 5.75 Å². The van der Waals surface area contributed by atoms with Gasteiger partial charge in [-0.05, 0) is 18.2 Å². The summed E-state index contributed by atoms with van der Waals surface area (Å²) in [5, 5.41) is 2.36. The van der Waals surface area contributed by atoms with E-state index in [0.29, 0.717) is 5.75 Å². The van der Waals surface area contributed by atoms with Crippen molar-refractivity contribution in [2.24, 2.45) is 0 Å². The van der Waals surface area contributed by atoms with Crippen molar-refractivity contribution in [1.82, 2.24) is 4.98 Å². The number of methoxy groups -OCH3 is 1. The van der Waals surface area contributed by atoms with Gasteiger partial charge in [-0.3, -0.25) is 0 Å². The predicted molar refractivity (Wildman–Crippen MR) is 65.4 cm³/mol. The number of halogens is 5. The molecule has 2 aromatic rings. The highest BCUT2D eigenvalue weighted by Crippen LogP contribution is 2.31. The fraction of sp³-hybridized carbons (Fsp3) is 0.0833. The molecule has 0 unspecified atom stereocenters. The van der Waals surface area contributed by atoms with E-state index in [1.54, 1.807) is 0 Å². The molecule has 0 fully saturated rings. The van der Waals surface area contributed by atoms with E-state index < -0.39 is 29.2 Å². The highest BCUT2D eigenvalue weighted by molar-refractivity contribution is 6.32. The zero-order valence-corrected chi connectivity index (χ0v) is 10.7. The minimum atomic E-state index is -1.74. The first kappa shape index (κ1) is 14.4. The summed E-state index contributed by atoms with van der Waals surface area (Å²) in [5.41, 5.74) is -0.866. The summed E-state index contributed by atoms with van der Waals surface area (Å²) < 4.78 is 57.6. The van der Waals surface area contributed by atoms with Crippen molar-refractivity contribution in [1.29, 1.82) is 0 Å². The van der Waals surface area contributed by atoms with Gasteiger partial charge in [-0.15, -0.1) is 0 Å². The van der Waals surface area contributed by atoms with Crippen LogP contribution in [0.25, 0.3) is 0 Å². The average Bonchev–Trinajstić information content (AvgIpc) is 2.41.